The third-order valence-corrected chi connectivity index (χ3v) is 7.38. The molecule has 1 aliphatic rings. The van der Waals surface area contributed by atoms with Gasteiger partial charge in [-0.1, -0.05) is 24.6 Å². The normalized spacial score (nSPS) is 17.5. The fraction of sp³-hybridized carbons (Fsp3) is 0.531. The lowest BCUT2D eigenvalue weighted by atomic mass is 9.87. The summed E-state index contributed by atoms with van der Waals surface area (Å²) in [4.78, 5) is 16.5. The third-order valence-electron chi connectivity index (χ3n) is 7.38. The number of halogens is 3. The van der Waals surface area contributed by atoms with Gasteiger partial charge < -0.3 is 19.2 Å². The first-order valence-electron chi connectivity index (χ1n) is 14.5. The topological polar surface area (TPSA) is 63.8 Å². The molecule has 224 valence electrons. The third kappa shape index (κ3) is 7.83. The molecule has 9 heteroatoms. The van der Waals surface area contributed by atoms with Gasteiger partial charge in [-0.3, -0.25) is 4.90 Å². The highest BCUT2D eigenvalue weighted by Gasteiger charge is 2.41. The van der Waals surface area contributed by atoms with Crippen LogP contribution in [0.4, 0.5) is 13.2 Å². The molecule has 0 amide bonds. The van der Waals surface area contributed by atoms with Crippen molar-refractivity contribution in [3.63, 3.8) is 0 Å². The molecule has 0 radical (unpaired) electrons. The lowest BCUT2D eigenvalue weighted by Crippen LogP contribution is -2.48. The van der Waals surface area contributed by atoms with Crippen LogP contribution in [-0.4, -0.2) is 60.5 Å². The average molecular weight is 575 g/mol. The van der Waals surface area contributed by atoms with Crippen molar-refractivity contribution in [3.8, 4) is 5.75 Å². The summed E-state index contributed by atoms with van der Waals surface area (Å²) in [7, 11) is 0. The number of ether oxygens (including phenoxy) is 3. The monoisotopic (exact) mass is 574 g/mol. The van der Waals surface area contributed by atoms with Gasteiger partial charge in [-0.05, 0) is 65.0 Å². The van der Waals surface area contributed by atoms with Gasteiger partial charge in [0.2, 0.25) is 0 Å². The van der Waals surface area contributed by atoms with Crippen molar-refractivity contribution < 1.29 is 32.2 Å². The fourth-order valence-corrected chi connectivity index (χ4v) is 5.61. The number of para-hydroxylation sites is 1. The Morgan fingerprint density at radius 1 is 1.07 bits per heavy atom. The number of benzene rings is 2. The van der Waals surface area contributed by atoms with E-state index in [-0.39, 0.29) is 36.5 Å². The molecule has 41 heavy (non-hydrogen) atoms. The van der Waals surface area contributed by atoms with Crippen molar-refractivity contribution in [2.45, 2.75) is 77.6 Å². The minimum atomic E-state index is -1.56. The molecule has 0 unspecified atom stereocenters. The Hall–Kier alpha value is -3.04. The minimum Gasteiger partial charge on any atom is -0.493 e. The molecule has 0 fully saturated rings. The number of alkyl halides is 1. The maximum absolute atomic E-state index is 15.7. The van der Waals surface area contributed by atoms with Crippen LogP contribution in [0.15, 0.2) is 36.4 Å². The lowest BCUT2D eigenvalue weighted by Gasteiger charge is -2.43. The van der Waals surface area contributed by atoms with Crippen LogP contribution in [0.5, 0.6) is 5.75 Å². The maximum atomic E-state index is 15.7. The number of esters is 1. The molecule has 1 aliphatic heterocycles. The van der Waals surface area contributed by atoms with Gasteiger partial charge >= 0.3 is 5.97 Å². The molecular weight excluding hydrogens is 533 g/mol. The van der Waals surface area contributed by atoms with E-state index in [1.54, 1.807) is 6.92 Å². The fourth-order valence-electron chi connectivity index (χ4n) is 5.61. The molecule has 0 saturated carbocycles. The summed E-state index contributed by atoms with van der Waals surface area (Å²) in [6.07, 6.45) is 3.87. The van der Waals surface area contributed by atoms with Gasteiger partial charge in [0.15, 0.2) is 0 Å². The second-order valence-electron chi connectivity index (χ2n) is 11.3. The quantitative estimate of drug-likeness (QED) is 0.165. The number of nitrogens with zero attached hydrogens (tertiary/aromatic N) is 1. The van der Waals surface area contributed by atoms with Crippen LogP contribution >= 0.6 is 0 Å². The molecule has 0 spiro atoms. The Kier molecular flexibility index (Phi) is 10.4. The van der Waals surface area contributed by atoms with Gasteiger partial charge in [0.1, 0.15) is 29.7 Å². The molecule has 2 aromatic carbocycles. The highest BCUT2D eigenvalue weighted by Crippen LogP contribution is 2.43. The van der Waals surface area contributed by atoms with Crippen molar-refractivity contribution >= 4 is 16.9 Å². The number of H-pyrrole nitrogens is 1. The van der Waals surface area contributed by atoms with Crippen molar-refractivity contribution in [3.05, 3.63) is 64.9 Å². The van der Waals surface area contributed by atoms with Crippen LogP contribution in [0, 0.1) is 11.6 Å². The van der Waals surface area contributed by atoms with Gasteiger partial charge in [-0.25, -0.2) is 18.0 Å². The van der Waals surface area contributed by atoms with Crippen molar-refractivity contribution in [1.82, 2.24) is 9.88 Å². The summed E-state index contributed by atoms with van der Waals surface area (Å²) in [5.41, 5.74) is 0.938. The molecule has 3 aromatic rings. The Morgan fingerprint density at radius 3 is 2.44 bits per heavy atom. The van der Waals surface area contributed by atoms with E-state index in [1.807, 2.05) is 36.1 Å². The van der Waals surface area contributed by atoms with E-state index in [1.165, 1.54) is 26.0 Å². The van der Waals surface area contributed by atoms with E-state index >= 15 is 8.78 Å². The van der Waals surface area contributed by atoms with E-state index < -0.39 is 23.3 Å². The molecule has 1 aromatic heterocycles. The predicted octanol–water partition coefficient (Wildman–Crippen LogP) is 7.05. The van der Waals surface area contributed by atoms with Gasteiger partial charge in [-0.2, -0.15) is 0 Å². The average Bonchev–Trinajstić information content (AvgIpc) is 3.26. The van der Waals surface area contributed by atoms with E-state index in [4.69, 9.17) is 14.2 Å². The van der Waals surface area contributed by atoms with Gasteiger partial charge in [0, 0.05) is 53.5 Å². The number of unbranched alkanes of at least 4 members (excludes halogenated alkanes) is 3. The number of hydrogen-bond donors (Lipinski definition) is 1. The zero-order valence-corrected chi connectivity index (χ0v) is 24.4. The van der Waals surface area contributed by atoms with Gasteiger partial charge in [-0.15, -0.1) is 0 Å². The second-order valence-corrected chi connectivity index (χ2v) is 11.3. The Labute approximate surface area is 240 Å². The summed E-state index contributed by atoms with van der Waals surface area (Å²) in [6.45, 7) is 7.78. The van der Waals surface area contributed by atoms with E-state index in [0.29, 0.717) is 38.4 Å². The zero-order valence-electron chi connectivity index (χ0n) is 24.4. The Balaban J connectivity index is 1.43. The standard InChI is InChI=1S/C32H41F3N2O4/c1-5-40-28(38)19-39-14-10-6-7-11-15-41-22-17-25(33)29(26(34)18-22)31-30-24(23-12-8-9-13-27(23)36-30)16-21(2)37(31)20-32(3,4)35/h8-9,12-13,17-18,21,31,36H,5-7,10-11,14-16,19-20H2,1-4H3/t21-,31-/m1/s1. The van der Waals surface area contributed by atoms with E-state index in [2.05, 4.69) is 4.98 Å². The first-order chi connectivity index (χ1) is 19.6. The molecule has 0 bridgehead atoms. The highest BCUT2D eigenvalue weighted by atomic mass is 19.1. The molecule has 0 saturated heterocycles. The highest BCUT2D eigenvalue weighted by molar-refractivity contribution is 5.85. The second kappa shape index (κ2) is 13.7. The summed E-state index contributed by atoms with van der Waals surface area (Å²) in [5, 5.41) is 1.02. The number of hydrogen-bond acceptors (Lipinski definition) is 5. The van der Waals surface area contributed by atoms with E-state index in [9.17, 15) is 9.18 Å². The van der Waals surface area contributed by atoms with Crippen molar-refractivity contribution in [1.29, 1.82) is 0 Å². The van der Waals surface area contributed by atoms with Crippen LogP contribution in [0.1, 0.15) is 76.2 Å². The van der Waals surface area contributed by atoms with Gasteiger partial charge in [0.05, 0.1) is 19.3 Å². The van der Waals surface area contributed by atoms with Crippen LogP contribution < -0.4 is 4.74 Å². The molecule has 1 N–H and O–H groups in total. The maximum Gasteiger partial charge on any atom is 0.332 e. The number of aromatic nitrogens is 1. The Morgan fingerprint density at radius 2 is 1.76 bits per heavy atom. The van der Waals surface area contributed by atoms with Gasteiger partial charge in [0.25, 0.3) is 0 Å². The van der Waals surface area contributed by atoms with Crippen LogP contribution in [0.25, 0.3) is 10.9 Å². The number of fused-ring (bicyclic) bond motifs is 3. The number of carbonyl (C=O) groups excluding carboxylic acids is 1. The predicted molar refractivity (Wildman–Crippen MR) is 153 cm³/mol. The van der Waals surface area contributed by atoms with Crippen molar-refractivity contribution in [2.24, 2.45) is 0 Å². The molecule has 6 nitrogen and oxygen atoms in total. The molecule has 0 aliphatic carbocycles. The SMILES string of the molecule is CCOC(=O)COCCCCCCOc1cc(F)c([C@@H]2c3[nH]c4ccccc4c3C[C@@H](C)N2CC(C)(C)F)c(F)c1. The lowest BCUT2D eigenvalue weighted by molar-refractivity contribution is -0.148. The zero-order chi connectivity index (χ0) is 29.6. The summed E-state index contributed by atoms with van der Waals surface area (Å²) in [5.74, 6) is -1.68. The first-order valence-corrected chi connectivity index (χ1v) is 14.5. The summed E-state index contributed by atoms with van der Waals surface area (Å²) in [6, 6.07) is 9.31. The molecular formula is C32H41F3N2O4. The number of nitrogens with one attached hydrogen (secondary N) is 1. The van der Waals surface area contributed by atoms with E-state index in [0.717, 1.165) is 35.7 Å². The first kappa shape index (κ1) is 30.9. The Bertz CT molecular complexity index is 1300. The number of carbonyl (C=O) groups is 1. The number of aromatic amines is 1. The van der Waals surface area contributed by atoms with Crippen LogP contribution in [-0.2, 0) is 20.7 Å². The molecule has 2 atom stereocenters. The molecule has 4 rings (SSSR count). The number of rotatable bonds is 14. The molecule has 2 heterocycles. The smallest absolute Gasteiger partial charge is 0.332 e. The van der Waals surface area contributed by atoms with Crippen LogP contribution in [0.3, 0.4) is 0 Å². The minimum absolute atomic E-state index is 0.0264. The summed E-state index contributed by atoms with van der Waals surface area (Å²) < 4.78 is 62.2. The largest absolute Gasteiger partial charge is 0.493 e. The summed E-state index contributed by atoms with van der Waals surface area (Å²) >= 11 is 0. The van der Waals surface area contributed by atoms with Crippen molar-refractivity contribution in [2.75, 3.05) is 33.0 Å². The van der Waals surface area contributed by atoms with Crippen LogP contribution in [0.2, 0.25) is 0 Å².